The molecule has 9 heavy (non-hydrogen) atoms. The number of rotatable bonds is 4. The van der Waals surface area contributed by atoms with Gasteiger partial charge in [-0.1, -0.05) is 13.5 Å². The normalized spacial score (nSPS) is 13.2. The Morgan fingerprint density at radius 3 is 2.67 bits per heavy atom. The van der Waals surface area contributed by atoms with Gasteiger partial charge in [0.2, 0.25) is 0 Å². The fourth-order valence-electron chi connectivity index (χ4n) is 0.524. The third kappa shape index (κ3) is 3.27. The molecule has 54 valence electrons. The average Bonchev–Trinajstić information content (AvgIpc) is 1.87. The van der Waals surface area contributed by atoms with Crippen molar-refractivity contribution in [3.8, 4) is 0 Å². The largest absolute Gasteiger partial charge is 0.392 e. The first kappa shape index (κ1) is 8.66. The summed E-state index contributed by atoms with van der Waals surface area (Å²) in [6.07, 6.45) is 0. The molecule has 0 saturated carbocycles. The lowest BCUT2D eigenvalue weighted by molar-refractivity contribution is 0.165. The molecule has 1 atom stereocenters. The molecule has 0 radical (unpaired) electrons. The Bertz CT molecular complexity index is 88.9. The summed E-state index contributed by atoms with van der Waals surface area (Å²) in [5, 5.41) is 8.58. The smallest absolute Gasteiger partial charge is 0.0642 e. The molecular formula is C7H14O2. The zero-order valence-corrected chi connectivity index (χ0v) is 6.05. The van der Waals surface area contributed by atoms with Crippen LogP contribution in [0, 0.1) is 5.92 Å². The lowest BCUT2D eigenvalue weighted by Gasteiger charge is -2.09. The average molecular weight is 130 g/mol. The highest BCUT2D eigenvalue weighted by Gasteiger charge is 2.03. The number of methoxy groups -OCH3 is 1. The van der Waals surface area contributed by atoms with E-state index in [1.54, 1.807) is 7.11 Å². The zero-order valence-electron chi connectivity index (χ0n) is 6.05. The van der Waals surface area contributed by atoms with Gasteiger partial charge in [0.05, 0.1) is 13.2 Å². The second kappa shape index (κ2) is 4.53. The summed E-state index contributed by atoms with van der Waals surface area (Å²) >= 11 is 0. The van der Waals surface area contributed by atoms with Crippen molar-refractivity contribution in [3.63, 3.8) is 0 Å². The molecule has 0 aromatic carbocycles. The van der Waals surface area contributed by atoms with Gasteiger partial charge in [-0.2, -0.15) is 0 Å². The van der Waals surface area contributed by atoms with E-state index in [4.69, 9.17) is 9.84 Å². The maximum absolute atomic E-state index is 8.58. The number of aliphatic hydroxyl groups excluding tert-OH is 1. The summed E-state index contributed by atoms with van der Waals surface area (Å²) < 4.78 is 4.85. The van der Waals surface area contributed by atoms with E-state index in [0.29, 0.717) is 6.61 Å². The Labute approximate surface area is 56.1 Å². The quantitative estimate of drug-likeness (QED) is 0.571. The third-order valence-electron chi connectivity index (χ3n) is 1.32. The van der Waals surface area contributed by atoms with E-state index in [0.717, 1.165) is 5.57 Å². The van der Waals surface area contributed by atoms with Crippen LogP contribution >= 0.6 is 0 Å². The minimum absolute atomic E-state index is 0.0600. The highest BCUT2D eigenvalue weighted by atomic mass is 16.5. The first-order valence-electron chi connectivity index (χ1n) is 2.99. The van der Waals surface area contributed by atoms with Crippen molar-refractivity contribution in [2.24, 2.45) is 5.92 Å². The molecule has 1 unspecified atom stereocenters. The molecule has 2 nitrogen and oxygen atoms in total. The molecule has 0 aliphatic heterocycles. The van der Waals surface area contributed by atoms with Crippen molar-refractivity contribution >= 4 is 0 Å². The molecule has 0 aliphatic carbocycles. The van der Waals surface area contributed by atoms with Gasteiger partial charge in [-0.25, -0.2) is 0 Å². The van der Waals surface area contributed by atoms with Crippen LogP contribution in [0.4, 0.5) is 0 Å². The van der Waals surface area contributed by atoms with Gasteiger partial charge < -0.3 is 9.84 Å². The zero-order chi connectivity index (χ0) is 7.28. The monoisotopic (exact) mass is 130 g/mol. The molecule has 0 saturated heterocycles. The molecule has 0 aromatic rings. The van der Waals surface area contributed by atoms with Crippen LogP contribution in [0.1, 0.15) is 6.92 Å². The van der Waals surface area contributed by atoms with Crippen LogP contribution in [0.2, 0.25) is 0 Å². The maximum atomic E-state index is 8.58. The van der Waals surface area contributed by atoms with E-state index in [1.165, 1.54) is 0 Å². The molecule has 1 N–H and O–H groups in total. The molecule has 0 spiro atoms. The number of ether oxygens (including phenoxy) is 1. The summed E-state index contributed by atoms with van der Waals surface area (Å²) in [5.74, 6) is 0.264. The SMILES string of the molecule is C=C(CO)C(C)COC. The summed E-state index contributed by atoms with van der Waals surface area (Å²) in [6.45, 7) is 6.33. The van der Waals surface area contributed by atoms with E-state index in [1.807, 2.05) is 6.92 Å². The second-order valence-corrected chi connectivity index (χ2v) is 2.17. The van der Waals surface area contributed by atoms with E-state index in [-0.39, 0.29) is 12.5 Å². The molecule has 0 aliphatic rings. The topological polar surface area (TPSA) is 29.5 Å². The number of hydrogen-bond acceptors (Lipinski definition) is 2. The predicted octanol–water partition coefficient (Wildman–Crippen LogP) is 0.817. The van der Waals surface area contributed by atoms with Gasteiger partial charge in [0.15, 0.2) is 0 Å². The van der Waals surface area contributed by atoms with Gasteiger partial charge in [-0.05, 0) is 5.57 Å². The third-order valence-corrected chi connectivity index (χ3v) is 1.32. The fraction of sp³-hybridized carbons (Fsp3) is 0.714. The Balaban J connectivity index is 3.45. The summed E-state index contributed by atoms with van der Waals surface area (Å²) in [6, 6.07) is 0. The molecule has 0 fully saturated rings. The molecule has 2 heteroatoms. The first-order valence-corrected chi connectivity index (χ1v) is 2.99. The minimum atomic E-state index is 0.0600. The molecule has 0 rings (SSSR count). The van der Waals surface area contributed by atoms with Crippen LogP contribution in [-0.4, -0.2) is 25.4 Å². The van der Waals surface area contributed by atoms with Crippen molar-refractivity contribution in [1.29, 1.82) is 0 Å². The van der Waals surface area contributed by atoms with Crippen LogP contribution in [0.3, 0.4) is 0 Å². The molecule has 0 heterocycles. The molecule has 0 amide bonds. The van der Waals surface area contributed by atoms with Crippen LogP contribution in [0.5, 0.6) is 0 Å². The van der Waals surface area contributed by atoms with Gasteiger partial charge in [0.1, 0.15) is 0 Å². The number of aliphatic hydroxyl groups is 1. The van der Waals surface area contributed by atoms with Gasteiger partial charge >= 0.3 is 0 Å². The lowest BCUT2D eigenvalue weighted by atomic mass is 10.1. The fourth-order valence-corrected chi connectivity index (χ4v) is 0.524. The van der Waals surface area contributed by atoms with Crippen molar-refractivity contribution < 1.29 is 9.84 Å². The van der Waals surface area contributed by atoms with Crippen LogP contribution in [0.25, 0.3) is 0 Å². The standard InChI is InChI=1S/C7H14O2/c1-6(4-8)7(2)5-9-3/h7-8H,1,4-5H2,2-3H3. The van der Waals surface area contributed by atoms with Gasteiger partial charge in [0, 0.05) is 13.0 Å². The van der Waals surface area contributed by atoms with Crippen LogP contribution < -0.4 is 0 Å². The lowest BCUT2D eigenvalue weighted by Crippen LogP contribution is -2.08. The predicted molar refractivity (Wildman–Crippen MR) is 37.3 cm³/mol. The highest BCUT2D eigenvalue weighted by molar-refractivity contribution is 4.98. The van der Waals surface area contributed by atoms with Gasteiger partial charge in [-0.3, -0.25) is 0 Å². The number of hydrogen-bond donors (Lipinski definition) is 1. The Hall–Kier alpha value is -0.340. The van der Waals surface area contributed by atoms with E-state index in [9.17, 15) is 0 Å². The Kier molecular flexibility index (Phi) is 4.36. The van der Waals surface area contributed by atoms with Crippen molar-refractivity contribution in [1.82, 2.24) is 0 Å². The van der Waals surface area contributed by atoms with Gasteiger partial charge in [0.25, 0.3) is 0 Å². The van der Waals surface area contributed by atoms with E-state index in [2.05, 4.69) is 6.58 Å². The molecule has 0 bridgehead atoms. The summed E-state index contributed by atoms with van der Waals surface area (Å²) in [5.41, 5.74) is 0.830. The summed E-state index contributed by atoms with van der Waals surface area (Å²) in [4.78, 5) is 0. The molecular weight excluding hydrogens is 116 g/mol. The highest BCUT2D eigenvalue weighted by Crippen LogP contribution is 2.05. The summed E-state index contributed by atoms with van der Waals surface area (Å²) in [7, 11) is 1.64. The minimum Gasteiger partial charge on any atom is -0.392 e. The molecule has 0 aromatic heterocycles. The Morgan fingerprint density at radius 2 is 2.33 bits per heavy atom. The van der Waals surface area contributed by atoms with Crippen LogP contribution in [0.15, 0.2) is 12.2 Å². The van der Waals surface area contributed by atoms with Crippen molar-refractivity contribution in [2.75, 3.05) is 20.3 Å². The van der Waals surface area contributed by atoms with Crippen molar-refractivity contribution in [2.45, 2.75) is 6.92 Å². The van der Waals surface area contributed by atoms with E-state index < -0.39 is 0 Å². The van der Waals surface area contributed by atoms with E-state index >= 15 is 0 Å². The Morgan fingerprint density at radius 1 is 1.78 bits per heavy atom. The van der Waals surface area contributed by atoms with Crippen molar-refractivity contribution in [3.05, 3.63) is 12.2 Å². The first-order chi connectivity index (χ1) is 4.22. The maximum Gasteiger partial charge on any atom is 0.0642 e. The van der Waals surface area contributed by atoms with Crippen LogP contribution in [-0.2, 0) is 4.74 Å². The second-order valence-electron chi connectivity index (χ2n) is 2.17. The van der Waals surface area contributed by atoms with Gasteiger partial charge in [-0.15, -0.1) is 0 Å².